The highest BCUT2D eigenvalue weighted by molar-refractivity contribution is 5.56. The van der Waals surface area contributed by atoms with Gasteiger partial charge < -0.3 is 25.1 Å². The number of hydrogen-bond acceptors (Lipinski definition) is 5. The zero-order valence-corrected chi connectivity index (χ0v) is 10.4. The molecule has 0 amide bonds. The van der Waals surface area contributed by atoms with Gasteiger partial charge >= 0.3 is 0 Å². The van der Waals surface area contributed by atoms with Gasteiger partial charge in [0.05, 0.1) is 21.3 Å². The molecule has 0 spiro atoms. The van der Waals surface area contributed by atoms with Crippen LogP contribution in [0, 0.1) is 0 Å². The Kier molecular flexibility index (Phi) is 5.06. The summed E-state index contributed by atoms with van der Waals surface area (Å²) in [7, 11) is 4.65. The molecule has 1 rings (SSSR count). The quantitative estimate of drug-likeness (QED) is 0.780. The van der Waals surface area contributed by atoms with Crippen molar-refractivity contribution in [3.63, 3.8) is 0 Å². The number of aliphatic hydroxyl groups excluding tert-OH is 1. The van der Waals surface area contributed by atoms with E-state index in [1.165, 1.54) is 0 Å². The molecular formula is C12H19NO4. The van der Waals surface area contributed by atoms with E-state index in [2.05, 4.69) is 0 Å². The van der Waals surface area contributed by atoms with Crippen molar-refractivity contribution in [2.24, 2.45) is 5.73 Å². The third-order valence-electron chi connectivity index (χ3n) is 2.57. The molecule has 0 heterocycles. The van der Waals surface area contributed by atoms with Gasteiger partial charge in [-0.3, -0.25) is 0 Å². The van der Waals surface area contributed by atoms with Crippen LogP contribution < -0.4 is 19.9 Å². The molecule has 0 radical (unpaired) electrons. The maximum absolute atomic E-state index is 8.91. The molecule has 0 bridgehead atoms. The first kappa shape index (κ1) is 13.6. The van der Waals surface area contributed by atoms with E-state index in [9.17, 15) is 0 Å². The van der Waals surface area contributed by atoms with Crippen LogP contribution >= 0.6 is 0 Å². The number of methoxy groups -OCH3 is 3. The molecule has 0 aromatic heterocycles. The summed E-state index contributed by atoms with van der Waals surface area (Å²) in [4.78, 5) is 0. The van der Waals surface area contributed by atoms with Crippen molar-refractivity contribution in [3.05, 3.63) is 17.7 Å². The van der Waals surface area contributed by atoms with E-state index in [0.29, 0.717) is 23.7 Å². The van der Waals surface area contributed by atoms with Gasteiger partial charge in [0.15, 0.2) is 11.5 Å². The summed E-state index contributed by atoms with van der Waals surface area (Å²) in [6.07, 6.45) is 0.464. The average Bonchev–Trinajstić information content (AvgIpc) is 2.36. The van der Waals surface area contributed by atoms with Gasteiger partial charge in [-0.25, -0.2) is 0 Å². The molecule has 5 heteroatoms. The first-order valence-electron chi connectivity index (χ1n) is 5.34. The van der Waals surface area contributed by atoms with Crippen molar-refractivity contribution in [2.45, 2.75) is 12.5 Å². The van der Waals surface area contributed by atoms with Crippen molar-refractivity contribution >= 4 is 0 Å². The lowest BCUT2D eigenvalue weighted by atomic mass is 10.0. The van der Waals surface area contributed by atoms with E-state index < -0.39 is 0 Å². The van der Waals surface area contributed by atoms with Crippen LogP contribution in [0.5, 0.6) is 17.2 Å². The summed E-state index contributed by atoms with van der Waals surface area (Å²) in [6.45, 7) is 0.0265. The molecule has 0 saturated heterocycles. The minimum Gasteiger partial charge on any atom is -0.493 e. The van der Waals surface area contributed by atoms with Crippen LogP contribution in [0.25, 0.3) is 0 Å². The highest BCUT2D eigenvalue weighted by Gasteiger charge is 2.19. The SMILES string of the molecule is COc1ccc([C@H](N)CCO)c(OC)c1OC. The Balaban J connectivity index is 3.22. The van der Waals surface area contributed by atoms with Crippen LogP contribution in [-0.4, -0.2) is 33.0 Å². The van der Waals surface area contributed by atoms with Gasteiger partial charge in [-0.15, -0.1) is 0 Å². The Labute approximate surface area is 101 Å². The summed E-state index contributed by atoms with van der Waals surface area (Å²) in [5, 5.41) is 8.91. The fraction of sp³-hybridized carbons (Fsp3) is 0.500. The standard InChI is InChI=1S/C12H19NO4/c1-15-10-5-4-8(9(13)6-7-14)11(16-2)12(10)17-3/h4-5,9,14H,6-7,13H2,1-3H3/t9-/m1/s1. The third kappa shape index (κ3) is 2.81. The van der Waals surface area contributed by atoms with Crippen LogP contribution in [0.3, 0.4) is 0 Å². The molecule has 96 valence electrons. The van der Waals surface area contributed by atoms with Gasteiger partial charge in [0.2, 0.25) is 5.75 Å². The first-order chi connectivity index (χ1) is 8.19. The Morgan fingerprint density at radius 3 is 2.24 bits per heavy atom. The topological polar surface area (TPSA) is 73.9 Å². The van der Waals surface area contributed by atoms with E-state index in [1.807, 2.05) is 6.07 Å². The molecule has 17 heavy (non-hydrogen) atoms. The summed E-state index contributed by atoms with van der Waals surface area (Å²) in [5.41, 5.74) is 6.75. The molecule has 1 aromatic carbocycles. The first-order valence-corrected chi connectivity index (χ1v) is 5.34. The van der Waals surface area contributed by atoms with Crippen LogP contribution in [0.4, 0.5) is 0 Å². The monoisotopic (exact) mass is 241 g/mol. The summed E-state index contributed by atoms with van der Waals surface area (Å²) in [5.74, 6) is 1.65. The van der Waals surface area contributed by atoms with Crippen LogP contribution in [0.1, 0.15) is 18.0 Å². The average molecular weight is 241 g/mol. The van der Waals surface area contributed by atoms with E-state index in [0.717, 1.165) is 5.56 Å². The molecule has 1 atom stereocenters. The minimum absolute atomic E-state index is 0.0265. The maximum atomic E-state index is 8.91. The van der Waals surface area contributed by atoms with E-state index in [1.54, 1.807) is 27.4 Å². The van der Waals surface area contributed by atoms with Gasteiger partial charge in [-0.2, -0.15) is 0 Å². The smallest absolute Gasteiger partial charge is 0.203 e. The normalized spacial score (nSPS) is 12.1. The predicted molar refractivity (Wildman–Crippen MR) is 64.7 cm³/mol. The molecule has 0 unspecified atom stereocenters. The van der Waals surface area contributed by atoms with Gasteiger partial charge in [0.1, 0.15) is 0 Å². The molecule has 0 saturated carbocycles. The third-order valence-corrected chi connectivity index (χ3v) is 2.57. The Morgan fingerprint density at radius 1 is 1.12 bits per heavy atom. The van der Waals surface area contributed by atoms with E-state index >= 15 is 0 Å². The fourth-order valence-electron chi connectivity index (χ4n) is 1.71. The van der Waals surface area contributed by atoms with Crippen molar-refractivity contribution < 1.29 is 19.3 Å². The Hall–Kier alpha value is -1.46. The van der Waals surface area contributed by atoms with E-state index in [-0.39, 0.29) is 12.6 Å². The molecule has 0 aliphatic rings. The van der Waals surface area contributed by atoms with Crippen LogP contribution in [0.2, 0.25) is 0 Å². The number of ether oxygens (including phenoxy) is 3. The van der Waals surface area contributed by atoms with Gasteiger partial charge in [-0.1, -0.05) is 0 Å². The number of benzene rings is 1. The second-order valence-electron chi connectivity index (χ2n) is 3.54. The highest BCUT2D eigenvalue weighted by atomic mass is 16.5. The van der Waals surface area contributed by atoms with Crippen molar-refractivity contribution in [2.75, 3.05) is 27.9 Å². The molecule has 0 aliphatic heterocycles. The van der Waals surface area contributed by atoms with Crippen molar-refractivity contribution in [1.82, 2.24) is 0 Å². The Bertz CT molecular complexity index is 368. The highest BCUT2D eigenvalue weighted by Crippen LogP contribution is 2.41. The molecule has 3 N–H and O–H groups in total. The lowest BCUT2D eigenvalue weighted by Gasteiger charge is -2.19. The lowest BCUT2D eigenvalue weighted by Crippen LogP contribution is -2.13. The zero-order chi connectivity index (χ0) is 12.8. The number of aliphatic hydroxyl groups is 1. The summed E-state index contributed by atoms with van der Waals surface area (Å²) in [6, 6.07) is 3.30. The van der Waals surface area contributed by atoms with E-state index in [4.69, 9.17) is 25.1 Å². The predicted octanol–water partition coefficient (Wildman–Crippen LogP) is 1.09. The zero-order valence-electron chi connectivity index (χ0n) is 10.4. The second kappa shape index (κ2) is 6.32. The minimum atomic E-state index is -0.297. The second-order valence-corrected chi connectivity index (χ2v) is 3.54. The number of hydrogen-bond donors (Lipinski definition) is 2. The lowest BCUT2D eigenvalue weighted by molar-refractivity contribution is 0.273. The van der Waals surface area contributed by atoms with Crippen molar-refractivity contribution in [3.8, 4) is 17.2 Å². The molecule has 1 aromatic rings. The fourth-order valence-corrected chi connectivity index (χ4v) is 1.71. The van der Waals surface area contributed by atoms with Crippen molar-refractivity contribution in [1.29, 1.82) is 0 Å². The summed E-state index contributed by atoms with van der Waals surface area (Å²) >= 11 is 0. The number of rotatable bonds is 6. The van der Waals surface area contributed by atoms with Crippen LogP contribution in [-0.2, 0) is 0 Å². The molecule has 0 fully saturated rings. The number of nitrogens with two attached hydrogens (primary N) is 1. The molecule has 0 aliphatic carbocycles. The van der Waals surface area contributed by atoms with Gasteiger partial charge in [-0.05, 0) is 18.6 Å². The molecular weight excluding hydrogens is 222 g/mol. The molecule has 5 nitrogen and oxygen atoms in total. The van der Waals surface area contributed by atoms with Gasteiger partial charge in [0.25, 0.3) is 0 Å². The van der Waals surface area contributed by atoms with Gasteiger partial charge in [0, 0.05) is 18.2 Å². The summed E-state index contributed by atoms with van der Waals surface area (Å²) < 4.78 is 15.7. The Morgan fingerprint density at radius 2 is 1.76 bits per heavy atom. The maximum Gasteiger partial charge on any atom is 0.203 e. The largest absolute Gasteiger partial charge is 0.493 e. The van der Waals surface area contributed by atoms with Crippen LogP contribution in [0.15, 0.2) is 12.1 Å².